The van der Waals surface area contributed by atoms with Gasteiger partial charge in [0.25, 0.3) is 0 Å². The monoisotopic (exact) mass is 298 g/mol. The Balaban J connectivity index is 2.72. The molecule has 0 radical (unpaired) electrons. The van der Waals surface area contributed by atoms with Gasteiger partial charge in [-0.3, -0.25) is 9.59 Å². The standard InChI is InChI=1S/C16H30N2O3/c1-5-18(13(2)12-17(3)4)14(19)10-16(11-15(20)21)8-6-7-9-16/h13H,5-12H2,1-4H3,(H,20,21). The third-order valence-corrected chi connectivity index (χ3v) is 4.54. The Morgan fingerprint density at radius 3 is 2.19 bits per heavy atom. The molecule has 1 saturated carbocycles. The maximum Gasteiger partial charge on any atom is 0.303 e. The summed E-state index contributed by atoms with van der Waals surface area (Å²) in [5, 5.41) is 9.14. The summed E-state index contributed by atoms with van der Waals surface area (Å²) in [6.45, 7) is 5.55. The molecule has 1 rings (SSSR count). The number of carboxylic acids is 1. The number of likely N-dealkylation sites (N-methyl/N-ethyl adjacent to an activating group) is 2. The Bertz CT molecular complexity index is 363. The van der Waals surface area contributed by atoms with Gasteiger partial charge in [-0.2, -0.15) is 0 Å². The van der Waals surface area contributed by atoms with Crippen LogP contribution in [0, 0.1) is 5.41 Å². The van der Waals surface area contributed by atoms with Gasteiger partial charge in [0.05, 0.1) is 6.42 Å². The molecule has 1 N–H and O–H groups in total. The average Bonchev–Trinajstić information content (AvgIpc) is 2.75. The molecule has 122 valence electrons. The van der Waals surface area contributed by atoms with E-state index in [1.54, 1.807) is 0 Å². The predicted molar refractivity (Wildman–Crippen MR) is 83.2 cm³/mol. The van der Waals surface area contributed by atoms with Gasteiger partial charge in [-0.25, -0.2) is 0 Å². The van der Waals surface area contributed by atoms with Gasteiger partial charge in [0.1, 0.15) is 0 Å². The average molecular weight is 298 g/mol. The zero-order valence-corrected chi connectivity index (χ0v) is 13.9. The van der Waals surface area contributed by atoms with Crippen molar-refractivity contribution in [3.8, 4) is 0 Å². The topological polar surface area (TPSA) is 60.9 Å². The normalized spacial score (nSPS) is 18.7. The summed E-state index contributed by atoms with van der Waals surface area (Å²) < 4.78 is 0. The van der Waals surface area contributed by atoms with Gasteiger partial charge in [-0.05, 0) is 46.2 Å². The van der Waals surface area contributed by atoms with E-state index in [9.17, 15) is 9.59 Å². The van der Waals surface area contributed by atoms with Crippen LogP contribution in [-0.4, -0.2) is 60.0 Å². The number of rotatable bonds is 8. The number of hydrogen-bond acceptors (Lipinski definition) is 3. The lowest BCUT2D eigenvalue weighted by Gasteiger charge is -2.34. The Labute approximate surface area is 128 Å². The smallest absolute Gasteiger partial charge is 0.303 e. The minimum absolute atomic E-state index is 0.106. The molecule has 5 heteroatoms. The Morgan fingerprint density at radius 1 is 1.19 bits per heavy atom. The lowest BCUT2D eigenvalue weighted by atomic mass is 9.79. The lowest BCUT2D eigenvalue weighted by molar-refractivity contribution is -0.142. The van der Waals surface area contributed by atoms with Crippen LogP contribution >= 0.6 is 0 Å². The maximum absolute atomic E-state index is 12.7. The summed E-state index contributed by atoms with van der Waals surface area (Å²) in [6.07, 6.45) is 4.32. The Morgan fingerprint density at radius 2 is 1.76 bits per heavy atom. The van der Waals surface area contributed by atoms with E-state index in [-0.39, 0.29) is 23.8 Å². The molecule has 1 fully saturated rings. The zero-order chi connectivity index (χ0) is 16.0. The molecule has 0 bridgehead atoms. The molecule has 1 amide bonds. The molecule has 1 aliphatic rings. The minimum Gasteiger partial charge on any atom is -0.481 e. The number of carbonyl (C=O) groups excluding carboxylic acids is 1. The number of amides is 1. The number of aliphatic carboxylic acids is 1. The first-order chi connectivity index (χ1) is 9.79. The SMILES string of the molecule is CCN(C(=O)CC1(CC(=O)O)CCCC1)C(C)CN(C)C. The van der Waals surface area contributed by atoms with Gasteiger partial charge in [0.15, 0.2) is 0 Å². The second-order valence-corrected chi connectivity index (χ2v) is 6.75. The van der Waals surface area contributed by atoms with E-state index in [0.29, 0.717) is 13.0 Å². The van der Waals surface area contributed by atoms with Crippen molar-refractivity contribution in [1.82, 2.24) is 9.80 Å². The molecule has 0 aliphatic heterocycles. The van der Waals surface area contributed by atoms with Crippen LogP contribution in [0.3, 0.4) is 0 Å². The van der Waals surface area contributed by atoms with E-state index in [0.717, 1.165) is 32.2 Å². The van der Waals surface area contributed by atoms with Gasteiger partial charge in [-0.15, -0.1) is 0 Å². The zero-order valence-electron chi connectivity index (χ0n) is 13.9. The molecule has 0 heterocycles. The second kappa shape index (κ2) is 7.78. The maximum atomic E-state index is 12.7. The Kier molecular flexibility index (Phi) is 6.65. The van der Waals surface area contributed by atoms with E-state index in [4.69, 9.17) is 5.11 Å². The molecule has 21 heavy (non-hydrogen) atoms. The van der Waals surface area contributed by atoms with Gasteiger partial charge < -0.3 is 14.9 Å². The van der Waals surface area contributed by atoms with Gasteiger partial charge >= 0.3 is 5.97 Å². The molecule has 0 aromatic carbocycles. The summed E-state index contributed by atoms with van der Waals surface area (Å²) in [5.41, 5.74) is -0.311. The minimum atomic E-state index is -0.783. The third kappa shape index (κ3) is 5.30. The first-order valence-electron chi connectivity index (χ1n) is 7.95. The van der Waals surface area contributed by atoms with Crippen molar-refractivity contribution in [1.29, 1.82) is 0 Å². The quantitative estimate of drug-likeness (QED) is 0.746. The van der Waals surface area contributed by atoms with Gasteiger partial charge in [-0.1, -0.05) is 12.8 Å². The van der Waals surface area contributed by atoms with Crippen LogP contribution in [0.25, 0.3) is 0 Å². The molecular formula is C16H30N2O3. The largest absolute Gasteiger partial charge is 0.481 e. The van der Waals surface area contributed by atoms with E-state index in [1.807, 2.05) is 25.9 Å². The first-order valence-corrected chi connectivity index (χ1v) is 7.95. The number of carboxylic acid groups (broad SMARTS) is 1. The van der Waals surface area contributed by atoms with Crippen molar-refractivity contribution < 1.29 is 14.7 Å². The fraction of sp³-hybridized carbons (Fsp3) is 0.875. The summed E-state index contributed by atoms with van der Waals surface area (Å²) in [5.74, 6) is -0.677. The molecule has 1 atom stereocenters. The third-order valence-electron chi connectivity index (χ3n) is 4.54. The van der Waals surface area contributed by atoms with Crippen molar-refractivity contribution in [2.45, 2.75) is 58.4 Å². The van der Waals surface area contributed by atoms with Crippen molar-refractivity contribution in [3.05, 3.63) is 0 Å². The highest BCUT2D eigenvalue weighted by Crippen LogP contribution is 2.44. The highest BCUT2D eigenvalue weighted by molar-refractivity contribution is 5.78. The summed E-state index contributed by atoms with van der Waals surface area (Å²) >= 11 is 0. The van der Waals surface area contributed by atoms with Crippen molar-refractivity contribution in [2.24, 2.45) is 5.41 Å². The van der Waals surface area contributed by atoms with E-state index >= 15 is 0 Å². The lowest BCUT2D eigenvalue weighted by Crippen LogP contribution is -2.45. The fourth-order valence-electron chi connectivity index (χ4n) is 3.65. The second-order valence-electron chi connectivity index (χ2n) is 6.75. The summed E-state index contributed by atoms with van der Waals surface area (Å²) in [6, 6.07) is 0.154. The van der Waals surface area contributed by atoms with Gasteiger partial charge in [0, 0.05) is 25.6 Å². The van der Waals surface area contributed by atoms with E-state index in [1.165, 1.54) is 0 Å². The molecule has 0 spiro atoms. The van der Waals surface area contributed by atoms with Crippen LogP contribution in [0.4, 0.5) is 0 Å². The molecule has 0 aromatic rings. The van der Waals surface area contributed by atoms with Crippen molar-refractivity contribution in [3.63, 3.8) is 0 Å². The molecule has 1 aliphatic carbocycles. The fourth-order valence-corrected chi connectivity index (χ4v) is 3.65. The van der Waals surface area contributed by atoms with Crippen LogP contribution in [0.2, 0.25) is 0 Å². The van der Waals surface area contributed by atoms with E-state index < -0.39 is 5.97 Å². The first kappa shape index (κ1) is 18.0. The van der Waals surface area contributed by atoms with Crippen LogP contribution < -0.4 is 0 Å². The number of carbonyl (C=O) groups is 2. The molecular weight excluding hydrogens is 268 g/mol. The van der Waals surface area contributed by atoms with Crippen LogP contribution in [0.1, 0.15) is 52.4 Å². The highest BCUT2D eigenvalue weighted by atomic mass is 16.4. The van der Waals surface area contributed by atoms with E-state index in [2.05, 4.69) is 11.8 Å². The summed E-state index contributed by atoms with van der Waals surface area (Å²) in [4.78, 5) is 27.7. The molecule has 0 aromatic heterocycles. The molecule has 0 saturated heterocycles. The summed E-state index contributed by atoms with van der Waals surface area (Å²) in [7, 11) is 4.00. The van der Waals surface area contributed by atoms with Crippen molar-refractivity contribution >= 4 is 11.9 Å². The van der Waals surface area contributed by atoms with Crippen LogP contribution in [0.15, 0.2) is 0 Å². The molecule has 1 unspecified atom stereocenters. The highest BCUT2D eigenvalue weighted by Gasteiger charge is 2.39. The van der Waals surface area contributed by atoms with Crippen LogP contribution in [-0.2, 0) is 9.59 Å². The number of nitrogens with zero attached hydrogens (tertiary/aromatic N) is 2. The Hall–Kier alpha value is -1.10. The van der Waals surface area contributed by atoms with Crippen molar-refractivity contribution in [2.75, 3.05) is 27.2 Å². The predicted octanol–water partition coefficient (Wildman–Crippen LogP) is 2.21. The van der Waals surface area contributed by atoms with Crippen LogP contribution in [0.5, 0.6) is 0 Å². The molecule has 5 nitrogen and oxygen atoms in total. The van der Waals surface area contributed by atoms with Gasteiger partial charge in [0.2, 0.25) is 5.91 Å². The number of hydrogen-bond donors (Lipinski definition) is 1.